The van der Waals surface area contributed by atoms with Crippen LogP contribution in [0.1, 0.15) is 26.2 Å². The van der Waals surface area contributed by atoms with Crippen molar-refractivity contribution in [3.63, 3.8) is 0 Å². The summed E-state index contributed by atoms with van der Waals surface area (Å²) in [6, 6.07) is 0.275. The summed E-state index contributed by atoms with van der Waals surface area (Å²) in [5.41, 5.74) is 0.438. The first-order valence-electron chi connectivity index (χ1n) is 6.92. The van der Waals surface area contributed by atoms with Gasteiger partial charge in [-0.25, -0.2) is 4.79 Å². The minimum atomic E-state index is -1.15. The minimum absolute atomic E-state index is 0.0790. The molecular weight excluding hydrogens is 258 g/mol. The van der Waals surface area contributed by atoms with Gasteiger partial charge in [0.2, 0.25) is 0 Å². The van der Waals surface area contributed by atoms with E-state index in [4.69, 9.17) is 4.74 Å². The maximum Gasteiger partial charge on any atom is 0.341 e. The SMILES string of the molecule is CCOC1=CC=C2C(=O)C(C(=O)O)=CN(C3CC3)C2C1. The molecule has 2 aliphatic carbocycles. The van der Waals surface area contributed by atoms with Crippen molar-refractivity contribution in [2.45, 2.75) is 38.3 Å². The number of rotatable bonds is 4. The molecule has 1 fully saturated rings. The Morgan fingerprint density at radius 1 is 1.45 bits per heavy atom. The van der Waals surface area contributed by atoms with Crippen molar-refractivity contribution in [2.24, 2.45) is 0 Å². The molecule has 1 heterocycles. The topological polar surface area (TPSA) is 66.8 Å². The third-order valence-electron chi connectivity index (χ3n) is 3.88. The van der Waals surface area contributed by atoms with Gasteiger partial charge >= 0.3 is 5.97 Å². The van der Waals surface area contributed by atoms with Gasteiger partial charge in [-0.2, -0.15) is 0 Å². The molecule has 1 aliphatic heterocycles. The van der Waals surface area contributed by atoms with E-state index in [9.17, 15) is 14.7 Å². The van der Waals surface area contributed by atoms with E-state index in [2.05, 4.69) is 0 Å². The Kier molecular flexibility index (Phi) is 3.12. The van der Waals surface area contributed by atoms with Crippen LogP contribution in [0.2, 0.25) is 0 Å². The van der Waals surface area contributed by atoms with Crippen LogP contribution in [0.5, 0.6) is 0 Å². The van der Waals surface area contributed by atoms with Gasteiger partial charge < -0.3 is 14.7 Å². The van der Waals surface area contributed by atoms with Crippen LogP contribution < -0.4 is 0 Å². The molecule has 1 saturated carbocycles. The Labute approximate surface area is 117 Å². The standard InChI is InChI=1S/C15H17NO4/c1-2-20-10-5-6-11-13(7-10)16(9-3-4-9)8-12(14(11)17)15(18)19/h5-6,8-9,13H,2-4,7H2,1H3,(H,18,19). The van der Waals surface area contributed by atoms with E-state index in [1.165, 1.54) is 6.20 Å². The summed E-state index contributed by atoms with van der Waals surface area (Å²) in [5, 5.41) is 9.17. The molecule has 0 saturated heterocycles. The average molecular weight is 275 g/mol. The number of hydrogen-bond acceptors (Lipinski definition) is 4. The average Bonchev–Trinajstić information content (AvgIpc) is 3.23. The number of ketones is 1. The van der Waals surface area contributed by atoms with Crippen LogP contribution in [0.3, 0.4) is 0 Å². The van der Waals surface area contributed by atoms with Crippen molar-refractivity contribution in [3.8, 4) is 0 Å². The zero-order valence-corrected chi connectivity index (χ0v) is 11.3. The molecule has 0 amide bonds. The third-order valence-corrected chi connectivity index (χ3v) is 3.88. The lowest BCUT2D eigenvalue weighted by Crippen LogP contribution is -2.43. The zero-order chi connectivity index (χ0) is 14.3. The van der Waals surface area contributed by atoms with E-state index in [0.717, 1.165) is 18.6 Å². The Balaban J connectivity index is 1.97. The second kappa shape index (κ2) is 4.81. The van der Waals surface area contributed by atoms with Gasteiger partial charge in [-0.3, -0.25) is 4.79 Å². The van der Waals surface area contributed by atoms with Crippen molar-refractivity contribution < 1.29 is 19.4 Å². The number of carbonyl (C=O) groups excluding carboxylic acids is 1. The number of fused-ring (bicyclic) bond motifs is 1. The second-order valence-corrected chi connectivity index (χ2v) is 5.26. The predicted molar refractivity (Wildman–Crippen MR) is 71.8 cm³/mol. The molecule has 0 spiro atoms. The molecule has 5 heteroatoms. The quantitative estimate of drug-likeness (QED) is 0.790. The highest BCUT2D eigenvalue weighted by atomic mass is 16.5. The summed E-state index contributed by atoms with van der Waals surface area (Å²) < 4.78 is 5.53. The maximum absolute atomic E-state index is 12.2. The largest absolute Gasteiger partial charge is 0.498 e. The van der Waals surface area contributed by atoms with E-state index in [1.54, 1.807) is 12.2 Å². The molecule has 106 valence electrons. The first-order valence-corrected chi connectivity index (χ1v) is 6.92. The summed E-state index contributed by atoms with van der Waals surface area (Å²) in [6.07, 6.45) is 7.75. The Morgan fingerprint density at radius 2 is 2.20 bits per heavy atom. The van der Waals surface area contributed by atoms with Gasteiger partial charge in [0, 0.05) is 24.2 Å². The van der Waals surface area contributed by atoms with Crippen LogP contribution in [0.4, 0.5) is 0 Å². The Morgan fingerprint density at radius 3 is 2.80 bits per heavy atom. The molecule has 1 N–H and O–H groups in total. The third kappa shape index (κ3) is 2.13. The van der Waals surface area contributed by atoms with Gasteiger partial charge in [0.25, 0.3) is 0 Å². The summed E-state index contributed by atoms with van der Waals surface area (Å²) in [4.78, 5) is 25.5. The summed E-state index contributed by atoms with van der Waals surface area (Å²) in [6.45, 7) is 2.52. The lowest BCUT2D eigenvalue weighted by molar-refractivity contribution is -0.134. The van der Waals surface area contributed by atoms with Crippen molar-refractivity contribution in [1.82, 2.24) is 4.90 Å². The van der Waals surface area contributed by atoms with E-state index in [1.807, 2.05) is 11.8 Å². The second-order valence-electron chi connectivity index (χ2n) is 5.26. The normalized spacial score (nSPS) is 25.4. The van der Waals surface area contributed by atoms with Crippen molar-refractivity contribution in [2.75, 3.05) is 6.61 Å². The first kappa shape index (κ1) is 13.0. The monoisotopic (exact) mass is 275 g/mol. The molecule has 0 aromatic carbocycles. The van der Waals surface area contributed by atoms with Crippen LogP contribution in [0, 0.1) is 0 Å². The van der Waals surface area contributed by atoms with Crippen LogP contribution in [0.25, 0.3) is 0 Å². The van der Waals surface area contributed by atoms with Crippen LogP contribution in [-0.2, 0) is 14.3 Å². The number of nitrogens with zero attached hydrogens (tertiary/aromatic N) is 1. The number of Topliss-reactive ketones (excluding diaryl/α,β-unsaturated/α-hetero) is 1. The number of allylic oxidation sites excluding steroid dienone is 2. The van der Waals surface area contributed by atoms with Crippen molar-refractivity contribution in [3.05, 3.63) is 35.3 Å². The first-order chi connectivity index (χ1) is 9.61. The van der Waals surface area contributed by atoms with E-state index in [0.29, 0.717) is 24.6 Å². The smallest absolute Gasteiger partial charge is 0.341 e. The van der Waals surface area contributed by atoms with Gasteiger partial charge in [-0.15, -0.1) is 0 Å². The maximum atomic E-state index is 12.2. The van der Waals surface area contributed by atoms with Crippen molar-refractivity contribution >= 4 is 11.8 Å². The Hall–Kier alpha value is -2.04. The van der Waals surface area contributed by atoms with Gasteiger partial charge in [-0.1, -0.05) is 0 Å². The minimum Gasteiger partial charge on any atom is -0.498 e. The van der Waals surface area contributed by atoms with Crippen LogP contribution in [0.15, 0.2) is 35.3 Å². The number of hydrogen-bond donors (Lipinski definition) is 1. The van der Waals surface area contributed by atoms with E-state index < -0.39 is 5.97 Å². The number of carbonyl (C=O) groups is 2. The fraction of sp³-hybridized carbons (Fsp3) is 0.467. The fourth-order valence-corrected chi connectivity index (χ4v) is 2.79. The molecule has 3 rings (SSSR count). The lowest BCUT2D eigenvalue weighted by Gasteiger charge is -2.37. The zero-order valence-electron chi connectivity index (χ0n) is 11.3. The highest BCUT2D eigenvalue weighted by Crippen LogP contribution is 2.38. The fourth-order valence-electron chi connectivity index (χ4n) is 2.79. The van der Waals surface area contributed by atoms with E-state index in [-0.39, 0.29) is 17.4 Å². The molecule has 0 bridgehead atoms. The number of aliphatic carboxylic acids is 1. The molecule has 20 heavy (non-hydrogen) atoms. The molecule has 0 radical (unpaired) electrons. The highest BCUT2D eigenvalue weighted by molar-refractivity contribution is 6.24. The lowest BCUT2D eigenvalue weighted by atomic mass is 9.87. The molecule has 1 atom stereocenters. The van der Waals surface area contributed by atoms with Gasteiger partial charge in [-0.05, 0) is 31.9 Å². The Bertz CT molecular complexity index is 554. The molecule has 1 unspecified atom stereocenters. The van der Waals surface area contributed by atoms with E-state index >= 15 is 0 Å². The summed E-state index contributed by atoms with van der Waals surface area (Å²) >= 11 is 0. The van der Waals surface area contributed by atoms with Crippen molar-refractivity contribution in [1.29, 1.82) is 0 Å². The number of ether oxygens (including phenoxy) is 1. The van der Waals surface area contributed by atoms with Crippen LogP contribution in [-0.4, -0.2) is 40.4 Å². The molecule has 5 nitrogen and oxygen atoms in total. The molecule has 3 aliphatic rings. The predicted octanol–water partition coefficient (Wildman–Crippen LogP) is 1.62. The van der Waals surface area contributed by atoms with Gasteiger partial charge in [0.15, 0.2) is 5.78 Å². The number of carboxylic acids is 1. The number of carboxylic acid groups (broad SMARTS) is 1. The highest BCUT2D eigenvalue weighted by Gasteiger charge is 2.42. The molecule has 0 aromatic heterocycles. The van der Waals surface area contributed by atoms with Gasteiger partial charge in [0.05, 0.1) is 18.4 Å². The molecule has 0 aromatic rings. The summed E-state index contributed by atoms with van der Waals surface area (Å²) in [7, 11) is 0. The molecular formula is C15H17NO4. The summed E-state index contributed by atoms with van der Waals surface area (Å²) in [5.74, 6) is -0.669. The van der Waals surface area contributed by atoms with Crippen LogP contribution >= 0.6 is 0 Å². The van der Waals surface area contributed by atoms with Gasteiger partial charge in [0.1, 0.15) is 5.57 Å².